The Morgan fingerprint density at radius 3 is 2.32 bits per heavy atom. The van der Waals surface area contributed by atoms with Crippen molar-refractivity contribution in [1.29, 1.82) is 0 Å². The number of benzene rings is 2. The zero-order valence-corrected chi connectivity index (χ0v) is 16.9. The maximum Gasteiger partial charge on any atom is 0.237 e. The molecule has 28 heavy (non-hydrogen) atoms. The Labute approximate surface area is 168 Å². The number of rotatable bonds is 8. The fraction of sp³-hybridized carbons (Fsp3) is 0.435. The third kappa shape index (κ3) is 5.81. The lowest BCUT2D eigenvalue weighted by atomic mass is 10.1. The van der Waals surface area contributed by atoms with Crippen molar-refractivity contribution in [3.05, 3.63) is 65.7 Å². The minimum Gasteiger partial charge on any atom is -0.497 e. The van der Waals surface area contributed by atoms with Gasteiger partial charge in [0.2, 0.25) is 5.91 Å². The van der Waals surface area contributed by atoms with Crippen molar-refractivity contribution in [1.82, 2.24) is 15.1 Å². The van der Waals surface area contributed by atoms with E-state index in [1.54, 1.807) is 7.11 Å². The number of ether oxygens (including phenoxy) is 1. The molecule has 2 aromatic carbocycles. The number of nitrogens with one attached hydrogen (secondary N) is 1. The summed E-state index contributed by atoms with van der Waals surface area (Å²) in [6, 6.07) is 18.5. The quantitative estimate of drug-likeness (QED) is 0.763. The van der Waals surface area contributed by atoms with E-state index in [1.807, 2.05) is 31.2 Å². The third-order valence-corrected chi connectivity index (χ3v) is 5.46. The summed E-state index contributed by atoms with van der Waals surface area (Å²) < 4.78 is 5.17. The second-order valence-electron chi connectivity index (χ2n) is 7.36. The topological polar surface area (TPSA) is 44.8 Å². The van der Waals surface area contributed by atoms with E-state index in [4.69, 9.17) is 4.74 Å². The molecule has 0 unspecified atom stereocenters. The monoisotopic (exact) mass is 381 g/mol. The van der Waals surface area contributed by atoms with Crippen molar-refractivity contribution < 1.29 is 9.53 Å². The van der Waals surface area contributed by atoms with Gasteiger partial charge in [-0.1, -0.05) is 42.5 Å². The Kier molecular flexibility index (Phi) is 7.46. The van der Waals surface area contributed by atoms with Gasteiger partial charge >= 0.3 is 0 Å². The standard InChI is InChI=1S/C23H31N3O2/c1-19(23(27)24-13-12-20-8-10-22(28-2)11-9-20)26-16-14-25(15-17-26)18-21-6-4-3-5-7-21/h3-11,19H,12-18H2,1-2H3,(H,24,27)/t19-/m0/s1. The first-order valence-electron chi connectivity index (χ1n) is 10.1. The van der Waals surface area contributed by atoms with Crippen LogP contribution < -0.4 is 10.1 Å². The van der Waals surface area contributed by atoms with Gasteiger partial charge in [-0.3, -0.25) is 14.6 Å². The third-order valence-electron chi connectivity index (χ3n) is 5.46. The highest BCUT2D eigenvalue weighted by molar-refractivity contribution is 5.81. The lowest BCUT2D eigenvalue weighted by Crippen LogP contribution is -2.53. The highest BCUT2D eigenvalue weighted by Gasteiger charge is 2.25. The molecule has 1 amide bonds. The largest absolute Gasteiger partial charge is 0.497 e. The molecule has 0 bridgehead atoms. The van der Waals surface area contributed by atoms with Crippen LogP contribution in [0.4, 0.5) is 0 Å². The average Bonchev–Trinajstić information content (AvgIpc) is 2.75. The molecule has 1 fully saturated rings. The summed E-state index contributed by atoms with van der Waals surface area (Å²) in [5.74, 6) is 0.970. The van der Waals surface area contributed by atoms with Crippen LogP contribution in [0.15, 0.2) is 54.6 Å². The van der Waals surface area contributed by atoms with Gasteiger partial charge in [0.15, 0.2) is 0 Å². The van der Waals surface area contributed by atoms with Crippen LogP contribution in [0, 0.1) is 0 Å². The molecule has 0 saturated carbocycles. The number of nitrogens with zero attached hydrogens (tertiary/aromatic N) is 2. The zero-order valence-electron chi connectivity index (χ0n) is 16.9. The number of amides is 1. The van der Waals surface area contributed by atoms with Gasteiger partial charge in [0.1, 0.15) is 5.75 Å². The van der Waals surface area contributed by atoms with E-state index in [-0.39, 0.29) is 11.9 Å². The van der Waals surface area contributed by atoms with Gasteiger partial charge in [-0.15, -0.1) is 0 Å². The molecule has 1 atom stereocenters. The van der Waals surface area contributed by atoms with Crippen LogP contribution in [0.1, 0.15) is 18.1 Å². The van der Waals surface area contributed by atoms with Crippen molar-refractivity contribution in [2.45, 2.75) is 25.9 Å². The summed E-state index contributed by atoms with van der Waals surface area (Å²) >= 11 is 0. The normalized spacial score (nSPS) is 16.5. The van der Waals surface area contributed by atoms with E-state index < -0.39 is 0 Å². The molecule has 3 rings (SSSR count). The number of carbonyl (C=O) groups is 1. The van der Waals surface area contributed by atoms with Gasteiger partial charge in [-0.25, -0.2) is 0 Å². The van der Waals surface area contributed by atoms with Crippen LogP contribution in [-0.2, 0) is 17.8 Å². The van der Waals surface area contributed by atoms with Crippen molar-refractivity contribution in [2.75, 3.05) is 39.8 Å². The molecule has 1 heterocycles. The summed E-state index contributed by atoms with van der Waals surface area (Å²) in [5.41, 5.74) is 2.54. The highest BCUT2D eigenvalue weighted by atomic mass is 16.5. The van der Waals surface area contributed by atoms with Crippen LogP contribution in [-0.4, -0.2) is 61.6 Å². The molecule has 1 aliphatic heterocycles. The average molecular weight is 382 g/mol. The Morgan fingerprint density at radius 1 is 1.00 bits per heavy atom. The molecule has 0 aromatic heterocycles. The fourth-order valence-electron chi connectivity index (χ4n) is 3.59. The van der Waals surface area contributed by atoms with Crippen LogP contribution in [0.2, 0.25) is 0 Å². The number of methoxy groups -OCH3 is 1. The Hall–Kier alpha value is -2.37. The smallest absolute Gasteiger partial charge is 0.237 e. The van der Waals surface area contributed by atoms with Crippen molar-refractivity contribution in [3.8, 4) is 5.75 Å². The van der Waals surface area contributed by atoms with Crippen LogP contribution >= 0.6 is 0 Å². The molecule has 0 aliphatic carbocycles. The van der Waals surface area contributed by atoms with Crippen LogP contribution in [0.3, 0.4) is 0 Å². The van der Waals surface area contributed by atoms with E-state index in [1.165, 1.54) is 11.1 Å². The molecule has 1 N–H and O–H groups in total. The SMILES string of the molecule is COc1ccc(CCNC(=O)[C@H](C)N2CCN(Cc3ccccc3)CC2)cc1. The Morgan fingerprint density at radius 2 is 1.68 bits per heavy atom. The van der Waals surface area contributed by atoms with E-state index in [9.17, 15) is 4.79 Å². The molecule has 150 valence electrons. The molecule has 2 aromatic rings. The van der Waals surface area contributed by atoms with Gasteiger partial charge in [0.25, 0.3) is 0 Å². The Bertz CT molecular complexity index is 725. The predicted molar refractivity (Wildman–Crippen MR) is 112 cm³/mol. The molecule has 5 heteroatoms. The molecular formula is C23H31N3O2. The van der Waals surface area contributed by atoms with Gasteiger partial charge < -0.3 is 10.1 Å². The summed E-state index contributed by atoms with van der Waals surface area (Å²) in [7, 11) is 1.66. The summed E-state index contributed by atoms with van der Waals surface area (Å²) in [6.07, 6.45) is 0.827. The van der Waals surface area contributed by atoms with Crippen LogP contribution in [0.5, 0.6) is 5.75 Å². The van der Waals surface area contributed by atoms with Gasteiger partial charge in [0.05, 0.1) is 13.2 Å². The minimum atomic E-state index is -0.0882. The van der Waals surface area contributed by atoms with E-state index >= 15 is 0 Å². The van der Waals surface area contributed by atoms with Crippen molar-refractivity contribution in [3.63, 3.8) is 0 Å². The van der Waals surface area contributed by atoms with Crippen LogP contribution in [0.25, 0.3) is 0 Å². The van der Waals surface area contributed by atoms with Crippen molar-refractivity contribution >= 4 is 5.91 Å². The summed E-state index contributed by atoms with van der Waals surface area (Å²) in [6.45, 7) is 7.51. The molecule has 0 radical (unpaired) electrons. The predicted octanol–water partition coefficient (Wildman–Crippen LogP) is 2.56. The zero-order chi connectivity index (χ0) is 19.8. The molecule has 5 nitrogen and oxygen atoms in total. The van der Waals surface area contributed by atoms with E-state index in [0.29, 0.717) is 6.54 Å². The second kappa shape index (κ2) is 10.2. The first-order chi connectivity index (χ1) is 13.7. The Balaban J connectivity index is 1.37. The fourth-order valence-corrected chi connectivity index (χ4v) is 3.59. The summed E-state index contributed by atoms with van der Waals surface area (Å²) in [4.78, 5) is 17.3. The molecule has 1 saturated heterocycles. The summed E-state index contributed by atoms with van der Waals surface area (Å²) in [5, 5.41) is 3.08. The molecule has 0 spiro atoms. The first-order valence-corrected chi connectivity index (χ1v) is 10.1. The number of hydrogen-bond acceptors (Lipinski definition) is 4. The number of hydrogen-bond donors (Lipinski definition) is 1. The lowest BCUT2D eigenvalue weighted by molar-refractivity contribution is -0.126. The van der Waals surface area contributed by atoms with Crippen molar-refractivity contribution in [2.24, 2.45) is 0 Å². The first kappa shape index (κ1) is 20.4. The van der Waals surface area contributed by atoms with E-state index in [2.05, 4.69) is 45.4 Å². The van der Waals surface area contributed by atoms with Gasteiger partial charge in [-0.2, -0.15) is 0 Å². The molecular weight excluding hydrogens is 350 g/mol. The highest BCUT2D eigenvalue weighted by Crippen LogP contribution is 2.12. The maximum atomic E-state index is 12.5. The lowest BCUT2D eigenvalue weighted by Gasteiger charge is -2.37. The number of piperazine rings is 1. The maximum absolute atomic E-state index is 12.5. The van der Waals surface area contributed by atoms with E-state index in [0.717, 1.165) is 44.9 Å². The number of carbonyl (C=O) groups excluding carboxylic acids is 1. The molecule has 1 aliphatic rings. The van der Waals surface area contributed by atoms with Gasteiger partial charge in [-0.05, 0) is 36.6 Å². The van der Waals surface area contributed by atoms with Gasteiger partial charge in [0, 0.05) is 39.3 Å². The minimum absolute atomic E-state index is 0.0882. The second-order valence-corrected chi connectivity index (χ2v) is 7.36.